The first-order valence-electron chi connectivity index (χ1n) is 11.6. The van der Waals surface area contributed by atoms with Gasteiger partial charge >= 0.3 is 0 Å². The van der Waals surface area contributed by atoms with E-state index in [1.807, 2.05) is 13.8 Å². The third-order valence-corrected chi connectivity index (χ3v) is 7.94. The highest BCUT2D eigenvalue weighted by molar-refractivity contribution is 7.92. The topological polar surface area (TPSA) is 86.8 Å². The monoisotopic (exact) mass is 575 g/mol. The second-order valence-electron chi connectivity index (χ2n) is 8.63. The van der Waals surface area contributed by atoms with Crippen molar-refractivity contribution in [3.05, 3.63) is 63.1 Å². The minimum atomic E-state index is -3.61. The Kier molecular flexibility index (Phi) is 11.3. The van der Waals surface area contributed by atoms with Crippen molar-refractivity contribution < 1.29 is 18.0 Å². The van der Waals surface area contributed by atoms with Crippen molar-refractivity contribution in [3.8, 4) is 0 Å². The van der Waals surface area contributed by atoms with Gasteiger partial charge in [-0.1, -0.05) is 53.9 Å². The molecule has 1 N–H and O–H groups in total. The van der Waals surface area contributed by atoms with Crippen molar-refractivity contribution in [2.24, 2.45) is 0 Å². The molecule has 11 heteroatoms. The van der Waals surface area contributed by atoms with Crippen molar-refractivity contribution in [1.29, 1.82) is 0 Å². The molecule has 0 heterocycles. The van der Waals surface area contributed by atoms with E-state index in [-0.39, 0.29) is 43.8 Å². The number of hydrogen-bond donors (Lipinski definition) is 1. The molecule has 0 bridgehead atoms. The molecule has 2 amide bonds. The molecule has 2 aromatic rings. The van der Waals surface area contributed by atoms with E-state index in [2.05, 4.69) is 5.32 Å². The lowest BCUT2D eigenvalue weighted by molar-refractivity contribution is -0.140. The summed E-state index contributed by atoms with van der Waals surface area (Å²) < 4.78 is 26.0. The zero-order valence-corrected chi connectivity index (χ0v) is 23.9. The fourth-order valence-corrected chi connectivity index (χ4v) is 5.20. The van der Waals surface area contributed by atoms with Gasteiger partial charge in [-0.2, -0.15) is 0 Å². The minimum Gasteiger partial charge on any atom is -0.352 e. The molecule has 2 rings (SSSR count). The molecule has 0 aromatic heterocycles. The molecule has 0 aliphatic heterocycles. The summed E-state index contributed by atoms with van der Waals surface area (Å²) in [4.78, 5) is 27.7. The van der Waals surface area contributed by atoms with Crippen LogP contribution in [0.15, 0.2) is 42.5 Å². The second-order valence-corrected chi connectivity index (χ2v) is 11.8. The van der Waals surface area contributed by atoms with Crippen LogP contribution in [0.5, 0.6) is 0 Å². The van der Waals surface area contributed by atoms with Gasteiger partial charge in [-0.3, -0.25) is 13.9 Å². The summed E-state index contributed by atoms with van der Waals surface area (Å²) >= 11 is 18.7. The summed E-state index contributed by atoms with van der Waals surface area (Å²) in [5, 5.41) is 4.08. The minimum absolute atomic E-state index is 0.00953. The fraction of sp³-hybridized carbons (Fsp3) is 0.440. The molecule has 198 valence electrons. The van der Waals surface area contributed by atoms with Crippen molar-refractivity contribution >= 4 is 62.3 Å². The van der Waals surface area contributed by atoms with Gasteiger partial charge in [0.05, 0.1) is 11.9 Å². The summed E-state index contributed by atoms with van der Waals surface area (Å²) in [7, 11) is -3.61. The number of anilines is 1. The van der Waals surface area contributed by atoms with Crippen LogP contribution in [0.1, 0.15) is 45.6 Å². The largest absolute Gasteiger partial charge is 0.352 e. The number of halogens is 3. The Morgan fingerprint density at radius 2 is 1.64 bits per heavy atom. The molecule has 36 heavy (non-hydrogen) atoms. The number of amides is 2. The molecule has 0 radical (unpaired) electrons. The number of rotatable bonds is 12. The first-order valence-corrected chi connectivity index (χ1v) is 14.6. The lowest BCUT2D eigenvalue weighted by Crippen LogP contribution is -2.49. The third-order valence-electron chi connectivity index (χ3n) is 5.81. The summed E-state index contributed by atoms with van der Waals surface area (Å²) in [6.07, 6.45) is 2.08. The van der Waals surface area contributed by atoms with Gasteiger partial charge in [-0.15, -0.1) is 0 Å². The highest BCUT2D eigenvalue weighted by atomic mass is 35.5. The van der Waals surface area contributed by atoms with E-state index in [0.29, 0.717) is 26.3 Å². The van der Waals surface area contributed by atoms with E-state index >= 15 is 0 Å². The molecule has 0 saturated heterocycles. The fourth-order valence-electron chi connectivity index (χ4n) is 3.54. The standard InChI is InChI=1S/C25H32Cl3N3O4S/c1-5-17(2)29-25(33)18(3)30(16-21-22(27)11-7-12-23(21)28)24(32)13-8-14-31(36(4,34)35)20-10-6-9-19(26)15-20/h6-7,9-12,15,17-18H,5,8,13-14,16H2,1-4H3,(H,29,33). The zero-order chi connectivity index (χ0) is 27.0. The number of nitrogens with one attached hydrogen (secondary N) is 1. The molecule has 0 saturated carbocycles. The first-order chi connectivity index (χ1) is 16.8. The lowest BCUT2D eigenvalue weighted by Gasteiger charge is -2.30. The van der Waals surface area contributed by atoms with Gasteiger partial charge in [-0.25, -0.2) is 8.42 Å². The van der Waals surface area contributed by atoms with E-state index in [1.54, 1.807) is 49.4 Å². The Balaban J connectivity index is 2.23. The Morgan fingerprint density at radius 3 is 2.19 bits per heavy atom. The predicted molar refractivity (Wildman–Crippen MR) is 147 cm³/mol. The van der Waals surface area contributed by atoms with Gasteiger partial charge in [0.1, 0.15) is 6.04 Å². The van der Waals surface area contributed by atoms with Crippen LogP contribution in [-0.2, 0) is 26.2 Å². The maximum Gasteiger partial charge on any atom is 0.242 e. The summed E-state index contributed by atoms with van der Waals surface area (Å²) in [6.45, 7) is 5.59. The van der Waals surface area contributed by atoms with E-state index in [4.69, 9.17) is 34.8 Å². The van der Waals surface area contributed by atoms with Crippen molar-refractivity contribution in [2.45, 2.75) is 58.7 Å². The van der Waals surface area contributed by atoms with E-state index in [0.717, 1.165) is 12.7 Å². The lowest BCUT2D eigenvalue weighted by atomic mass is 10.1. The maximum atomic E-state index is 13.4. The highest BCUT2D eigenvalue weighted by Gasteiger charge is 2.28. The van der Waals surface area contributed by atoms with E-state index in [9.17, 15) is 18.0 Å². The number of carbonyl (C=O) groups is 2. The predicted octanol–water partition coefficient (Wildman–Crippen LogP) is 5.53. The number of hydrogen-bond acceptors (Lipinski definition) is 4. The molecule has 0 spiro atoms. The zero-order valence-electron chi connectivity index (χ0n) is 20.8. The van der Waals surface area contributed by atoms with Gasteiger partial charge < -0.3 is 10.2 Å². The summed E-state index contributed by atoms with van der Waals surface area (Å²) in [5.74, 6) is -0.616. The second kappa shape index (κ2) is 13.5. The van der Waals surface area contributed by atoms with Crippen molar-refractivity contribution in [2.75, 3.05) is 17.1 Å². The van der Waals surface area contributed by atoms with Gasteiger partial charge in [0.15, 0.2) is 0 Å². The Bertz CT molecular complexity index is 1160. The van der Waals surface area contributed by atoms with Gasteiger partial charge in [-0.05, 0) is 57.0 Å². The van der Waals surface area contributed by atoms with Crippen molar-refractivity contribution in [3.63, 3.8) is 0 Å². The highest BCUT2D eigenvalue weighted by Crippen LogP contribution is 2.27. The Hall–Kier alpha value is -2.00. The normalized spacial score (nSPS) is 13.1. The number of carbonyl (C=O) groups excluding carboxylic acids is 2. The molecule has 2 aromatic carbocycles. The smallest absolute Gasteiger partial charge is 0.242 e. The van der Waals surface area contributed by atoms with Crippen LogP contribution in [0.4, 0.5) is 5.69 Å². The van der Waals surface area contributed by atoms with E-state index < -0.39 is 16.1 Å². The molecule has 2 unspecified atom stereocenters. The summed E-state index contributed by atoms with van der Waals surface area (Å²) in [6, 6.07) is 10.7. The van der Waals surface area contributed by atoms with Crippen LogP contribution in [0, 0.1) is 0 Å². The van der Waals surface area contributed by atoms with Crippen LogP contribution in [0.3, 0.4) is 0 Å². The van der Waals surface area contributed by atoms with Crippen LogP contribution < -0.4 is 9.62 Å². The average molecular weight is 577 g/mol. The van der Waals surface area contributed by atoms with Crippen LogP contribution >= 0.6 is 34.8 Å². The van der Waals surface area contributed by atoms with E-state index in [1.165, 1.54) is 9.21 Å². The number of sulfonamides is 1. The first kappa shape index (κ1) is 30.2. The molecular weight excluding hydrogens is 545 g/mol. The molecule has 2 atom stereocenters. The Labute approximate surface area is 228 Å². The molecule has 0 aliphatic rings. The summed E-state index contributed by atoms with van der Waals surface area (Å²) in [5.41, 5.74) is 0.951. The Morgan fingerprint density at radius 1 is 1.03 bits per heavy atom. The van der Waals surface area contributed by atoms with Crippen LogP contribution in [0.2, 0.25) is 15.1 Å². The number of benzene rings is 2. The van der Waals surface area contributed by atoms with Gasteiger partial charge in [0, 0.05) is 46.2 Å². The third kappa shape index (κ3) is 8.54. The molecule has 0 fully saturated rings. The maximum absolute atomic E-state index is 13.4. The molecule has 0 aliphatic carbocycles. The molecular formula is C25H32Cl3N3O4S. The van der Waals surface area contributed by atoms with Gasteiger partial charge in [0.25, 0.3) is 0 Å². The average Bonchev–Trinajstić information content (AvgIpc) is 2.80. The van der Waals surface area contributed by atoms with Crippen LogP contribution in [-0.4, -0.2) is 50.0 Å². The molecule has 7 nitrogen and oxygen atoms in total. The van der Waals surface area contributed by atoms with Crippen LogP contribution in [0.25, 0.3) is 0 Å². The van der Waals surface area contributed by atoms with Crippen molar-refractivity contribution in [1.82, 2.24) is 10.2 Å². The number of nitrogens with zero attached hydrogens (tertiary/aromatic N) is 2. The quantitative estimate of drug-likeness (QED) is 0.360. The van der Waals surface area contributed by atoms with Gasteiger partial charge in [0.2, 0.25) is 21.8 Å². The SMILES string of the molecule is CCC(C)NC(=O)C(C)N(Cc1c(Cl)cccc1Cl)C(=O)CCCN(c1cccc(Cl)c1)S(C)(=O)=O.